The fourth-order valence-corrected chi connectivity index (χ4v) is 4.31. The summed E-state index contributed by atoms with van der Waals surface area (Å²) in [5.41, 5.74) is -0.916. The standard InChI is InChI=1S/C20H24ClN5O6S/c1-5-6-9-26-17-16(18(27)23-20(26)29)25(4)15(22-17)11-32-19(28)13-10-12(7-8-14(13)21)33(30,31)24(2)3/h7-8,10H,5-6,9,11H2,1-4H3,(H,23,27,29). The Balaban J connectivity index is 1.93. The van der Waals surface area contributed by atoms with Crippen LogP contribution in [-0.2, 0) is 35.0 Å². The number of sulfonamides is 1. The minimum absolute atomic E-state index is 0.0209. The minimum atomic E-state index is -3.78. The Hall–Kier alpha value is -2.96. The van der Waals surface area contributed by atoms with Crippen molar-refractivity contribution >= 4 is 38.8 Å². The van der Waals surface area contributed by atoms with E-state index >= 15 is 0 Å². The number of nitrogens with zero attached hydrogens (tertiary/aromatic N) is 4. The number of hydrogen-bond acceptors (Lipinski definition) is 7. The van der Waals surface area contributed by atoms with Gasteiger partial charge >= 0.3 is 11.7 Å². The van der Waals surface area contributed by atoms with Gasteiger partial charge in [0.25, 0.3) is 5.56 Å². The number of carbonyl (C=O) groups excluding carboxylic acids is 1. The second-order valence-electron chi connectivity index (χ2n) is 7.53. The van der Waals surface area contributed by atoms with Crippen molar-refractivity contribution in [1.82, 2.24) is 23.4 Å². The van der Waals surface area contributed by atoms with E-state index in [-0.39, 0.29) is 39.1 Å². The molecular weight excluding hydrogens is 474 g/mol. The van der Waals surface area contributed by atoms with E-state index in [2.05, 4.69) is 9.97 Å². The van der Waals surface area contributed by atoms with Crippen LogP contribution in [0.5, 0.6) is 0 Å². The molecule has 1 N–H and O–H groups in total. The molecular formula is C20H24ClN5O6S. The molecule has 0 saturated carbocycles. The lowest BCUT2D eigenvalue weighted by Gasteiger charge is -2.13. The van der Waals surface area contributed by atoms with Crippen LogP contribution in [0.2, 0.25) is 5.02 Å². The second-order valence-corrected chi connectivity index (χ2v) is 10.1. The van der Waals surface area contributed by atoms with Crippen molar-refractivity contribution in [3.63, 3.8) is 0 Å². The predicted molar refractivity (Wildman–Crippen MR) is 122 cm³/mol. The van der Waals surface area contributed by atoms with Crippen LogP contribution in [0.4, 0.5) is 0 Å². The normalized spacial score (nSPS) is 11.9. The van der Waals surface area contributed by atoms with Crippen LogP contribution < -0.4 is 11.2 Å². The maximum absolute atomic E-state index is 12.7. The number of esters is 1. The molecule has 0 amide bonds. The fourth-order valence-electron chi connectivity index (χ4n) is 3.18. The first-order valence-electron chi connectivity index (χ1n) is 10.1. The van der Waals surface area contributed by atoms with E-state index < -0.39 is 27.2 Å². The smallest absolute Gasteiger partial charge is 0.340 e. The van der Waals surface area contributed by atoms with Crippen molar-refractivity contribution in [2.75, 3.05) is 14.1 Å². The number of H-pyrrole nitrogens is 1. The molecule has 0 spiro atoms. The number of aryl methyl sites for hydroxylation is 2. The molecule has 178 valence electrons. The van der Waals surface area contributed by atoms with Gasteiger partial charge in [0.1, 0.15) is 12.4 Å². The molecule has 0 aliphatic heterocycles. The van der Waals surface area contributed by atoms with Gasteiger partial charge < -0.3 is 9.30 Å². The van der Waals surface area contributed by atoms with Gasteiger partial charge in [-0.05, 0) is 24.6 Å². The van der Waals surface area contributed by atoms with Gasteiger partial charge in [-0.3, -0.25) is 14.3 Å². The second kappa shape index (κ2) is 9.49. The van der Waals surface area contributed by atoms with Gasteiger partial charge in [-0.1, -0.05) is 24.9 Å². The summed E-state index contributed by atoms with van der Waals surface area (Å²) < 4.78 is 33.9. The number of hydrogen-bond donors (Lipinski definition) is 1. The van der Waals surface area contributed by atoms with Gasteiger partial charge in [-0.2, -0.15) is 0 Å². The molecule has 0 atom stereocenters. The van der Waals surface area contributed by atoms with E-state index in [0.29, 0.717) is 13.0 Å². The molecule has 33 heavy (non-hydrogen) atoms. The number of benzene rings is 1. The number of aromatic amines is 1. The zero-order valence-electron chi connectivity index (χ0n) is 18.6. The molecule has 0 aliphatic carbocycles. The van der Waals surface area contributed by atoms with E-state index in [1.54, 1.807) is 7.05 Å². The number of aromatic nitrogens is 4. The molecule has 11 nitrogen and oxygen atoms in total. The highest BCUT2D eigenvalue weighted by Crippen LogP contribution is 2.23. The third-order valence-electron chi connectivity index (χ3n) is 5.11. The number of imidazole rings is 1. The average molecular weight is 498 g/mol. The van der Waals surface area contributed by atoms with Gasteiger partial charge in [0.15, 0.2) is 11.2 Å². The van der Waals surface area contributed by atoms with Crippen LogP contribution in [0.3, 0.4) is 0 Å². The highest BCUT2D eigenvalue weighted by molar-refractivity contribution is 7.89. The molecule has 0 fully saturated rings. The summed E-state index contributed by atoms with van der Waals surface area (Å²) in [5, 5.41) is 0.0209. The Morgan fingerprint density at radius 3 is 2.61 bits per heavy atom. The molecule has 2 heterocycles. The summed E-state index contributed by atoms with van der Waals surface area (Å²) in [6.45, 7) is 2.02. The average Bonchev–Trinajstić information content (AvgIpc) is 3.08. The highest BCUT2D eigenvalue weighted by Gasteiger charge is 2.22. The number of rotatable bonds is 8. The summed E-state index contributed by atoms with van der Waals surface area (Å²) in [5.74, 6) is -0.631. The summed E-state index contributed by atoms with van der Waals surface area (Å²) in [6.07, 6.45) is 1.56. The van der Waals surface area contributed by atoms with Gasteiger partial charge in [0.2, 0.25) is 10.0 Å². The van der Waals surface area contributed by atoms with Crippen LogP contribution in [0.1, 0.15) is 35.9 Å². The van der Waals surface area contributed by atoms with Crippen LogP contribution >= 0.6 is 11.6 Å². The lowest BCUT2D eigenvalue weighted by Crippen LogP contribution is -2.31. The maximum Gasteiger partial charge on any atom is 0.340 e. The molecule has 0 unspecified atom stereocenters. The molecule has 3 rings (SSSR count). The van der Waals surface area contributed by atoms with Crippen molar-refractivity contribution in [2.24, 2.45) is 7.05 Å². The number of unbranched alkanes of at least 4 members (excludes halogenated alkanes) is 1. The fraction of sp³-hybridized carbons (Fsp3) is 0.400. The largest absolute Gasteiger partial charge is 0.454 e. The summed E-state index contributed by atoms with van der Waals surface area (Å²) >= 11 is 6.09. The van der Waals surface area contributed by atoms with Crippen molar-refractivity contribution in [2.45, 2.75) is 37.8 Å². The Bertz CT molecular complexity index is 1440. The highest BCUT2D eigenvalue weighted by atomic mass is 35.5. The zero-order chi connectivity index (χ0) is 24.5. The topological polar surface area (TPSA) is 136 Å². The summed E-state index contributed by atoms with van der Waals surface area (Å²) in [6, 6.07) is 3.74. The minimum Gasteiger partial charge on any atom is -0.454 e. The Morgan fingerprint density at radius 2 is 1.97 bits per heavy atom. The molecule has 0 radical (unpaired) electrons. The quantitative estimate of drug-likeness (QED) is 0.465. The molecule has 2 aromatic heterocycles. The Labute approximate surface area is 194 Å². The molecule has 1 aromatic carbocycles. The number of carbonyl (C=O) groups is 1. The van der Waals surface area contributed by atoms with Gasteiger partial charge in [-0.15, -0.1) is 0 Å². The van der Waals surface area contributed by atoms with Crippen molar-refractivity contribution in [3.05, 3.63) is 55.4 Å². The Kier molecular flexibility index (Phi) is 7.10. The molecule has 0 bridgehead atoms. The number of nitrogens with one attached hydrogen (secondary N) is 1. The van der Waals surface area contributed by atoms with Crippen LogP contribution in [-0.4, -0.2) is 51.9 Å². The molecule has 0 aliphatic rings. The van der Waals surface area contributed by atoms with Gasteiger partial charge in [-0.25, -0.2) is 27.3 Å². The molecule has 0 saturated heterocycles. The monoisotopic (exact) mass is 497 g/mol. The zero-order valence-corrected chi connectivity index (χ0v) is 20.2. The molecule has 3 aromatic rings. The van der Waals surface area contributed by atoms with Crippen molar-refractivity contribution in [1.29, 1.82) is 0 Å². The van der Waals surface area contributed by atoms with Crippen molar-refractivity contribution < 1.29 is 17.9 Å². The first-order chi connectivity index (χ1) is 15.5. The maximum atomic E-state index is 12.7. The van der Waals surface area contributed by atoms with Crippen molar-refractivity contribution in [3.8, 4) is 0 Å². The van der Waals surface area contributed by atoms with Crippen LogP contribution in [0.15, 0.2) is 32.7 Å². The van der Waals surface area contributed by atoms with E-state index in [0.717, 1.165) is 16.8 Å². The van der Waals surface area contributed by atoms with E-state index in [9.17, 15) is 22.8 Å². The number of ether oxygens (including phenoxy) is 1. The number of fused-ring (bicyclic) bond motifs is 1. The van der Waals surface area contributed by atoms with Gasteiger partial charge in [0.05, 0.1) is 15.5 Å². The lowest BCUT2D eigenvalue weighted by molar-refractivity contribution is 0.0459. The van der Waals surface area contributed by atoms with Gasteiger partial charge in [0, 0.05) is 27.7 Å². The summed E-state index contributed by atoms with van der Waals surface area (Å²) in [4.78, 5) is 43.8. The van der Waals surface area contributed by atoms with Crippen LogP contribution in [0, 0.1) is 0 Å². The third-order valence-corrected chi connectivity index (χ3v) is 7.25. The SMILES string of the molecule is CCCCn1c(=O)[nH]c(=O)c2c1nc(COC(=O)c1cc(S(=O)(=O)N(C)C)ccc1Cl)n2C. The third kappa shape index (κ3) is 4.72. The summed E-state index contributed by atoms with van der Waals surface area (Å²) in [7, 11) is 0.528. The van der Waals surface area contributed by atoms with E-state index in [1.807, 2.05) is 6.92 Å². The first kappa shape index (κ1) is 24.7. The van der Waals surface area contributed by atoms with E-state index in [4.69, 9.17) is 16.3 Å². The predicted octanol–water partition coefficient (Wildman–Crippen LogP) is 1.48. The number of halogens is 1. The van der Waals surface area contributed by atoms with Crippen LogP contribution in [0.25, 0.3) is 11.2 Å². The first-order valence-corrected chi connectivity index (χ1v) is 11.9. The lowest BCUT2D eigenvalue weighted by atomic mass is 10.2. The molecule has 13 heteroatoms. The Morgan fingerprint density at radius 1 is 1.27 bits per heavy atom. The van der Waals surface area contributed by atoms with E-state index in [1.165, 1.54) is 35.4 Å².